The number of unbranched alkanes of at least 4 members (excludes halogenated alkanes) is 1. The molecule has 0 radical (unpaired) electrons. The maximum absolute atomic E-state index is 12.0. The second kappa shape index (κ2) is 5.61. The van der Waals surface area contributed by atoms with Gasteiger partial charge >= 0.3 is 0 Å². The normalized spacial score (nSPS) is 10.8. The summed E-state index contributed by atoms with van der Waals surface area (Å²) in [6, 6.07) is 6.92. The van der Waals surface area contributed by atoms with Crippen LogP contribution in [0.1, 0.15) is 36.5 Å². The second-order valence-corrected chi connectivity index (χ2v) is 5.43. The van der Waals surface area contributed by atoms with Crippen LogP contribution in [-0.4, -0.2) is 16.0 Å². The Morgan fingerprint density at radius 1 is 1.21 bits per heavy atom. The van der Waals surface area contributed by atoms with Crippen LogP contribution in [0.3, 0.4) is 0 Å². The van der Waals surface area contributed by atoms with E-state index in [1.165, 1.54) is 0 Å². The van der Waals surface area contributed by atoms with Crippen LogP contribution in [0, 0.1) is 0 Å². The maximum Gasteiger partial charge on any atom is 0.169 e. The Labute approximate surface area is 120 Å². The molecule has 2 aromatic rings. The van der Waals surface area contributed by atoms with E-state index in [1.807, 2.05) is 13.0 Å². The van der Waals surface area contributed by atoms with Gasteiger partial charge in [-0.3, -0.25) is 4.79 Å². The molecule has 0 spiro atoms. The molecule has 2 rings (SSSR count). The number of phenols is 2. The summed E-state index contributed by atoms with van der Waals surface area (Å²) in [5, 5.41) is 21.2. The van der Waals surface area contributed by atoms with Gasteiger partial charge in [0.05, 0.1) is 5.56 Å². The average Bonchev–Trinajstić information content (AvgIpc) is 2.39. The number of fused-ring (bicyclic) bond motifs is 1. The number of Topliss-reactive ketones (excluding diaryl/α,β-unsaturated/α-hetero) is 1. The van der Waals surface area contributed by atoms with Crippen molar-refractivity contribution in [1.29, 1.82) is 0 Å². The number of carbonyl (C=O) groups is 1. The number of carbonyl (C=O) groups excluding carboxylic acids is 1. The van der Waals surface area contributed by atoms with Crippen molar-refractivity contribution in [1.82, 2.24) is 0 Å². The number of aromatic hydroxyl groups is 2. The lowest BCUT2D eigenvalue weighted by Crippen LogP contribution is -1.99. The average molecular weight is 323 g/mol. The number of rotatable bonds is 4. The second-order valence-electron chi connectivity index (χ2n) is 4.51. The minimum atomic E-state index is -0.323. The smallest absolute Gasteiger partial charge is 0.169 e. The van der Waals surface area contributed by atoms with Gasteiger partial charge in [-0.1, -0.05) is 29.3 Å². The summed E-state index contributed by atoms with van der Waals surface area (Å²) in [5.41, 5.74) is 0.191. The van der Waals surface area contributed by atoms with E-state index < -0.39 is 0 Å². The van der Waals surface area contributed by atoms with Crippen molar-refractivity contribution in [3.63, 3.8) is 0 Å². The highest BCUT2D eigenvalue weighted by Crippen LogP contribution is 2.38. The van der Waals surface area contributed by atoms with Crippen molar-refractivity contribution in [2.75, 3.05) is 0 Å². The number of hydrogen-bond donors (Lipinski definition) is 2. The first-order valence-electron chi connectivity index (χ1n) is 6.22. The quantitative estimate of drug-likeness (QED) is 0.648. The van der Waals surface area contributed by atoms with Crippen molar-refractivity contribution in [3.8, 4) is 11.5 Å². The van der Waals surface area contributed by atoms with E-state index >= 15 is 0 Å². The molecule has 0 bridgehead atoms. The molecule has 4 heteroatoms. The van der Waals surface area contributed by atoms with E-state index in [0.29, 0.717) is 11.8 Å². The lowest BCUT2D eigenvalue weighted by atomic mass is 9.99. The molecule has 2 N–H and O–H groups in total. The van der Waals surface area contributed by atoms with Crippen molar-refractivity contribution in [2.45, 2.75) is 26.2 Å². The van der Waals surface area contributed by atoms with Gasteiger partial charge in [-0.25, -0.2) is 0 Å². The van der Waals surface area contributed by atoms with Crippen molar-refractivity contribution < 1.29 is 15.0 Å². The van der Waals surface area contributed by atoms with Gasteiger partial charge in [0.1, 0.15) is 0 Å². The van der Waals surface area contributed by atoms with Crippen LogP contribution >= 0.6 is 15.9 Å². The fourth-order valence-electron chi connectivity index (χ4n) is 2.03. The third-order valence-electron chi connectivity index (χ3n) is 3.11. The van der Waals surface area contributed by atoms with E-state index in [1.54, 1.807) is 18.2 Å². The molecule has 3 nitrogen and oxygen atoms in total. The molecule has 0 aliphatic heterocycles. The van der Waals surface area contributed by atoms with Gasteiger partial charge in [-0.2, -0.15) is 0 Å². The SMILES string of the molecule is CCCCC(=O)c1cc2cc(Br)ccc2c(O)c1O. The molecule has 0 aromatic heterocycles. The lowest BCUT2D eigenvalue weighted by Gasteiger charge is -2.09. The van der Waals surface area contributed by atoms with Crippen LogP contribution in [0.4, 0.5) is 0 Å². The third-order valence-corrected chi connectivity index (χ3v) is 3.60. The fraction of sp³-hybridized carbons (Fsp3) is 0.267. The molecular weight excluding hydrogens is 308 g/mol. The number of halogens is 1. The lowest BCUT2D eigenvalue weighted by molar-refractivity contribution is 0.0976. The van der Waals surface area contributed by atoms with Gasteiger partial charge in [-0.05, 0) is 36.1 Å². The number of benzene rings is 2. The van der Waals surface area contributed by atoms with Crippen LogP contribution in [0.2, 0.25) is 0 Å². The van der Waals surface area contributed by atoms with Crippen LogP contribution in [0.15, 0.2) is 28.7 Å². The topological polar surface area (TPSA) is 57.5 Å². The molecule has 0 unspecified atom stereocenters. The summed E-state index contributed by atoms with van der Waals surface area (Å²) < 4.78 is 0.858. The summed E-state index contributed by atoms with van der Waals surface area (Å²) in [6.45, 7) is 2.00. The maximum atomic E-state index is 12.0. The summed E-state index contributed by atoms with van der Waals surface area (Å²) in [6.07, 6.45) is 2.07. The molecule has 0 aliphatic rings. The van der Waals surface area contributed by atoms with Gasteiger partial charge in [0.25, 0.3) is 0 Å². The largest absolute Gasteiger partial charge is 0.504 e. The summed E-state index contributed by atoms with van der Waals surface area (Å²) in [7, 11) is 0. The van der Waals surface area contributed by atoms with Crippen LogP contribution < -0.4 is 0 Å². The Kier molecular flexibility index (Phi) is 4.10. The molecule has 0 atom stereocenters. The monoisotopic (exact) mass is 322 g/mol. The van der Waals surface area contributed by atoms with Gasteiger partial charge < -0.3 is 10.2 Å². The van der Waals surface area contributed by atoms with Crippen molar-refractivity contribution >= 4 is 32.5 Å². The van der Waals surface area contributed by atoms with Crippen molar-refractivity contribution in [3.05, 3.63) is 34.3 Å². The molecule has 19 heavy (non-hydrogen) atoms. The Bertz CT molecular complexity index is 635. The Hall–Kier alpha value is -1.55. The molecular formula is C15H15BrO3. The fourth-order valence-corrected chi connectivity index (χ4v) is 2.41. The van der Waals surface area contributed by atoms with E-state index in [2.05, 4.69) is 15.9 Å². The molecule has 2 aromatic carbocycles. The highest BCUT2D eigenvalue weighted by Gasteiger charge is 2.17. The summed E-state index contributed by atoms with van der Waals surface area (Å²) in [4.78, 5) is 12.0. The molecule has 0 amide bonds. The zero-order valence-corrected chi connectivity index (χ0v) is 12.2. The number of hydrogen-bond acceptors (Lipinski definition) is 3. The predicted octanol–water partition coefficient (Wildman–Crippen LogP) is 4.39. The van der Waals surface area contributed by atoms with E-state index in [9.17, 15) is 15.0 Å². The van der Waals surface area contributed by atoms with Gasteiger partial charge in [-0.15, -0.1) is 0 Å². The van der Waals surface area contributed by atoms with Gasteiger partial charge in [0, 0.05) is 16.3 Å². The summed E-state index contributed by atoms with van der Waals surface area (Å²) in [5.74, 6) is -0.697. The molecule has 0 fully saturated rings. The Balaban J connectivity index is 2.56. The van der Waals surface area contributed by atoms with Gasteiger partial charge in [0.2, 0.25) is 0 Å². The van der Waals surface area contributed by atoms with Crippen LogP contribution in [0.25, 0.3) is 10.8 Å². The minimum Gasteiger partial charge on any atom is -0.504 e. The number of ketones is 1. The van der Waals surface area contributed by atoms with Gasteiger partial charge in [0.15, 0.2) is 17.3 Å². The first kappa shape index (κ1) is 13.9. The molecule has 0 saturated carbocycles. The molecule has 100 valence electrons. The first-order valence-corrected chi connectivity index (χ1v) is 7.01. The third kappa shape index (κ3) is 2.73. The predicted molar refractivity (Wildman–Crippen MR) is 78.8 cm³/mol. The molecule has 0 saturated heterocycles. The van der Waals surface area contributed by atoms with E-state index in [-0.39, 0.29) is 22.8 Å². The zero-order chi connectivity index (χ0) is 14.0. The Morgan fingerprint density at radius 3 is 2.63 bits per heavy atom. The van der Waals surface area contributed by atoms with Crippen molar-refractivity contribution in [2.24, 2.45) is 0 Å². The highest BCUT2D eigenvalue weighted by molar-refractivity contribution is 9.10. The molecule has 0 heterocycles. The summed E-state index contributed by atoms with van der Waals surface area (Å²) >= 11 is 3.35. The van der Waals surface area contributed by atoms with Crippen LogP contribution in [0.5, 0.6) is 11.5 Å². The Morgan fingerprint density at radius 2 is 1.95 bits per heavy atom. The van der Waals surface area contributed by atoms with Crippen LogP contribution in [-0.2, 0) is 0 Å². The zero-order valence-electron chi connectivity index (χ0n) is 10.6. The van der Waals surface area contributed by atoms with E-state index in [4.69, 9.17) is 0 Å². The minimum absolute atomic E-state index is 0.142. The van der Waals surface area contributed by atoms with E-state index in [0.717, 1.165) is 22.7 Å². The first-order chi connectivity index (χ1) is 9.04. The highest BCUT2D eigenvalue weighted by atomic mass is 79.9. The number of phenolic OH excluding ortho intramolecular Hbond substituents is 2. The standard InChI is InChI=1S/C15H15BrO3/c1-2-3-4-13(17)12-8-9-7-10(16)5-6-11(9)14(18)15(12)19/h5-8,18-19H,2-4H2,1H3. The molecule has 0 aliphatic carbocycles.